The van der Waals surface area contributed by atoms with Crippen molar-refractivity contribution in [1.82, 2.24) is 0 Å². The molecule has 0 N–H and O–H groups in total. The van der Waals surface area contributed by atoms with Gasteiger partial charge in [-0.25, -0.2) is 0 Å². The summed E-state index contributed by atoms with van der Waals surface area (Å²) in [6.07, 6.45) is 4.54. The van der Waals surface area contributed by atoms with E-state index >= 15 is 0 Å². The zero-order valence-electron chi connectivity index (χ0n) is 10.7. The maximum atomic E-state index is 6.15. The molecule has 1 aliphatic carbocycles. The highest BCUT2D eigenvalue weighted by atomic mass is 79.9. The van der Waals surface area contributed by atoms with E-state index in [2.05, 4.69) is 15.9 Å². The van der Waals surface area contributed by atoms with Crippen LogP contribution in [-0.4, -0.2) is 19.8 Å². The van der Waals surface area contributed by atoms with Gasteiger partial charge in [0.05, 0.1) is 17.7 Å². The van der Waals surface area contributed by atoms with Gasteiger partial charge in [-0.2, -0.15) is 0 Å². The molecule has 2 rings (SSSR count). The largest absolute Gasteiger partial charge is 0.495 e. The number of hydrogen-bond acceptors (Lipinski definition) is 2. The molecule has 100 valence electrons. The highest BCUT2D eigenvalue weighted by Gasteiger charge is 2.38. The van der Waals surface area contributed by atoms with Gasteiger partial charge < -0.3 is 9.47 Å². The van der Waals surface area contributed by atoms with E-state index < -0.39 is 0 Å². The van der Waals surface area contributed by atoms with E-state index in [0.29, 0.717) is 10.8 Å². The highest BCUT2D eigenvalue weighted by Crippen LogP contribution is 2.45. The molecular weight excluding hydrogens is 316 g/mol. The molecule has 1 saturated carbocycles. The van der Waals surface area contributed by atoms with E-state index in [9.17, 15) is 0 Å². The first-order chi connectivity index (χ1) is 8.60. The van der Waals surface area contributed by atoms with Crippen molar-refractivity contribution in [1.29, 1.82) is 0 Å². The molecule has 1 aromatic rings. The van der Waals surface area contributed by atoms with Crippen molar-refractivity contribution in [2.24, 2.45) is 0 Å². The van der Waals surface area contributed by atoms with Gasteiger partial charge in [0.1, 0.15) is 5.75 Å². The maximum Gasteiger partial charge on any atom is 0.137 e. The quantitative estimate of drug-likeness (QED) is 0.724. The van der Waals surface area contributed by atoms with E-state index in [1.54, 1.807) is 14.2 Å². The van der Waals surface area contributed by atoms with Crippen molar-refractivity contribution in [2.75, 3.05) is 14.2 Å². The van der Waals surface area contributed by atoms with Crippen LogP contribution in [0.2, 0.25) is 5.02 Å². The number of alkyl halides is 1. The minimum atomic E-state index is 0.0561. The van der Waals surface area contributed by atoms with Gasteiger partial charge in [-0.15, -0.1) is 0 Å². The second-order valence-electron chi connectivity index (χ2n) is 4.81. The lowest BCUT2D eigenvalue weighted by Gasteiger charge is -2.42. The molecule has 0 aliphatic heterocycles. The summed E-state index contributed by atoms with van der Waals surface area (Å²) < 4.78 is 10.8. The SMILES string of the molecule is COc1ccc(C(Br)CC2(OC)CCC2)cc1Cl. The number of halogens is 2. The Bertz CT molecular complexity index is 413. The predicted molar refractivity (Wildman–Crippen MR) is 77.9 cm³/mol. The summed E-state index contributed by atoms with van der Waals surface area (Å²) >= 11 is 9.89. The van der Waals surface area contributed by atoms with Gasteiger partial charge in [0, 0.05) is 11.9 Å². The zero-order valence-corrected chi connectivity index (χ0v) is 13.1. The van der Waals surface area contributed by atoms with Crippen LogP contribution in [0.15, 0.2) is 18.2 Å². The van der Waals surface area contributed by atoms with Gasteiger partial charge in [0.25, 0.3) is 0 Å². The van der Waals surface area contributed by atoms with Gasteiger partial charge in [-0.1, -0.05) is 33.6 Å². The Kier molecular flexibility index (Phi) is 4.57. The van der Waals surface area contributed by atoms with Crippen molar-refractivity contribution in [2.45, 2.75) is 36.1 Å². The van der Waals surface area contributed by atoms with Gasteiger partial charge in [0.2, 0.25) is 0 Å². The zero-order chi connectivity index (χ0) is 13.2. The summed E-state index contributed by atoms with van der Waals surface area (Å²) in [5.41, 5.74) is 1.23. The normalized spacial score (nSPS) is 19.1. The molecule has 0 spiro atoms. The Morgan fingerprint density at radius 1 is 1.39 bits per heavy atom. The summed E-state index contributed by atoms with van der Waals surface area (Å²) in [4.78, 5) is 0.265. The van der Waals surface area contributed by atoms with Crippen molar-refractivity contribution in [3.05, 3.63) is 28.8 Å². The molecular formula is C14H18BrClO2. The molecule has 0 heterocycles. The molecule has 1 aromatic carbocycles. The van der Waals surface area contributed by atoms with E-state index in [0.717, 1.165) is 19.3 Å². The van der Waals surface area contributed by atoms with E-state index in [1.165, 1.54) is 12.0 Å². The molecule has 2 nitrogen and oxygen atoms in total. The summed E-state index contributed by atoms with van der Waals surface area (Å²) in [6, 6.07) is 5.92. The molecule has 1 atom stereocenters. The third-order valence-corrected chi connectivity index (χ3v) is 4.93. The number of benzene rings is 1. The van der Waals surface area contributed by atoms with Crippen LogP contribution < -0.4 is 4.74 Å². The van der Waals surface area contributed by atoms with Crippen LogP contribution in [-0.2, 0) is 4.74 Å². The molecule has 0 bridgehead atoms. The Balaban J connectivity index is 2.09. The van der Waals surface area contributed by atoms with Crippen LogP contribution in [0.25, 0.3) is 0 Å². The van der Waals surface area contributed by atoms with Crippen molar-refractivity contribution >= 4 is 27.5 Å². The van der Waals surface area contributed by atoms with E-state index in [-0.39, 0.29) is 10.4 Å². The van der Waals surface area contributed by atoms with Gasteiger partial charge in [-0.3, -0.25) is 0 Å². The number of ether oxygens (including phenoxy) is 2. The second kappa shape index (κ2) is 5.81. The standard InChI is InChI=1S/C14H18BrClO2/c1-17-13-5-4-10(8-12(13)16)11(15)9-14(18-2)6-3-7-14/h4-5,8,11H,3,6-7,9H2,1-2H3. The molecule has 0 radical (unpaired) electrons. The third-order valence-electron chi connectivity index (χ3n) is 3.79. The summed E-state index contributed by atoms with van der Waals surface area (Å²) in [5.74, 6) is 0.713. The Morgan fingerprint density at radius 2 is 2.11 bits per heavy atom. The number of rotatable bonds is 5. The smallest absolute Gasteiger partial charge is 0.137 e. The predicted octanol–water partition coefficient (Wildman–Crippen LogP) is 4.74. The minimum Gasteiger partial charge on any atom is -0.495 e. The molecule has 18 heavy (non-hydrogen) atoms. The first-order valence-electron chi connectivity index (χ1n) is 6.13. The van der Waals surface area contributed by atoms with Crippen molar-refractivity contribution < 1.29 is 9.47 Å². The van der Waals surface area contributed by atoms with Gasteiger partial charge in [0.15, 0.2) is 0 Å². The Hall–Kier alpha value is -0.250. The van der Waals surface area contributed by atoms with Crippen LogP contribution in [0, 0.1) is 0 Å². The fourth-order valence-electron chi connectivity index (χ4n) is 2.38. The van der Waals surface area contributed by atoms with Crippen molar-refractivity contribution in [3.63, 3.8) is 0 Å². The van der Waals surface area contributed by atoms with Crippen LogP contribution >= 0.6 is 27.5 Å². The summed E-state index contributed by atoms with van der Waals surface area (Å²) in [5, 5.41) is 0.652. The number of methoxy groups -OCH3 is 2. The molecule has 0 aromatic heterocycles. The lowest BCUT2D eigenvalue weighted by molar-refractivity contribution is -0.0773. The lowest BCUT2D eigenvalue weighted by atomic mass is 9.76. The first kappa shape index (κ1) is 14.2. The molecule has 0 amide bonds. The molecule has 1 fully saturated rings. The average Bonchev–Trinajstić information content (AvgIpc) is 2.33. The summed E-state index contributed by atoms with van der Waals surface area (Å²) in [7, 11) is 3.43. The first-order valence-corrected chi connectivity index (χ1v) is 7.42. The Labute approximate surface area is 122 Å². The van der Waals surface area contributed by atoms with Crippen LogP contribution in [0.3, 0.4) is 0 Å². The van der Waals surface area contributed by atoms with Crippen LogP contribution in [0.4, 0.5) is 0 Å². The molecule has 1 aliphatic rings. The maximum absolute atomic E-state index is 6.15. The Morgan fingerprint density at radius 3 is 2.56 bits per heavy atom. The van der Waals surface area contributed by atoms with E-state index in [1.807, 2.05) is 18.2 Å². The molecule has 1 unspecified atom stereocenters. The average molecular weight is 334 g/mol. The molecule has 4 heteroatoms. The second-order valence-corrected chi connectivity index (χ2v) is 6.32. The highest BCUT2D eigenvalue weighted by molar-refractivity contribution is 9.09. The van der Waals surface area contributed by atoms with Gasteiger partial charge >= 0.3 is 0 Å². The lowest BCUT2D eigenvalue weighted by Crippen LogP contribution is -2.39. The monoisotopic (exact) mass is 332 g/mol. The van der Waals surface area contributed by atoms with Crippen molar-refractivity contribution in [3.8, 4) is 5.75 Å². The molecule has 0 saturated heterocycles. The van der Waals surface area contributed by atoms with E-state index in [4.69, 9.17) is 21.1 Å². The third kappa shape index (κ3) is 2.84. The van der Waals surface area contributed by atoms with Crippen LogP contribution in [0.1, 0.15) is 36.1 Å². The topological polar surface area (TPSA) is 18.5 Å². The fourth-order valence-corrected chi connectivity index (χ4v) is 3.53. The van der Waals surface area contributed by atoms with Crippen LogP contribution in [0.5, 0.6) is 5.75 Å². The van der Waals surface area contributed by atoms with Gasteiger partial charge in [-0.05, 0) is 43.4 Å². The fraction of sp³-hybridized carbons (Fsp3) is 0.571. The summed E-state index contributed by atoms with van der Waals surface area (Å²) in [6.45, 7) is 0. The minimum absolute atomic E-state index is 0.0561. The number of hydrogen-bond donors (Lipinski definition) is 0.